The summed E-state index contributed by atoms with van der Waals surface area (Å²) in [5.41, 5.74) is 6.74. The zero-order chi connectivity index (χ0) is 9.97. The van der Waals surface area contributed by atoms with Crippen molar-refractivity contribution in [2.24, 2.45) is 10.7 Å². The lowest BCUT2D eigenvalue weighted by Gasteiger charge is -2.19. The Hall–Kier alpha value is -1.23. The lowest BCUT2D eigenvalue weighted by Crippen LogP contribution is -2.33. The fourth-order valence-electron chi connectivity index (χ4n) is 1.56. The molecule has 1 aromatic rings. The monoisotopic (exact) mass is 271 g/mol. The van der Waals surface area contributed by atoms with Gasteiger partial charge in [-0.1, -0.05) is 12.1 Å². The lowest BCUT2D eigenvalue weighted by atomic mass is 10.2. The fraction of sp³-hybridized carbons (Fsp3) is 0.300. The quantitative estimate of drug-likeness (QED) is 0.885. The number of methoxy groups -OCH3 is 1. The number of benzene rings is 1. The summed E-state index contributed by atoms with van der Waals surface area (Å²) < 4.78 is 5.25. The lowest BCUT2D eigenvalue weighted by molar-refractivity contribution is 0.415. The number of rotatable bonds is 2. The highest BCUT2D eigenvalue weighted by Gasteiger charge is 2.18. The van der Waals surface area contributed by atoms with Gasteiger partial charge in [-0.25, -0.2) is 0 Å². The highest BCUT2D eigenvalue weighted by Crippen LogP contribution is 2.28. The van der Waals surface area contributed by atoms with Crippen LogP contribution in [0.3, 0.4) is 0 Å². The Bertz CT molecular complexity index is 367. The van der Waals surface area contributed by atoms with Crippen molar-refractivity contribution in [1.82, 2.24) is 0 Å². The summed E-state index contributed by atoms with van der Waals surface area (Å²) in [4.78, 5) is 6.09. The van der Waals surface area contributed by atoms with Gasteiger partial charge in [-0.2, -0.15) is 0 Å². The van der Waals surface area contributed by atoms with E-state index in [0.29, 0.717) is 5.96 Å². The van der Waals surface area contributed by atoms with Gasteiger partial charge < -0.3 is 15.4 Å². The van der Waals surface area contributed by atoms with Crippen LogP contribution in [0.1, 0.15) is 0 Å². The first-order valence-corrected chi connectivity index (χ1v) is 4.53. The number of nitrogens with two attached hydrogens (primary N) is 1. The van der Waals surface area contributed by atoms with Gasteiger partial charge in [0.05, 0.1) is 19.3 Å². The third-order valence-electron chi connectivity index (χ3n) is 2.25. The minimum atomic E-state index is 0. The van der Waals surface area contributed by atoms with E-state index in [-0.39, 0.29) is 17.0 Å². The minimum absolute atomic E-state index is 0. The molecule has 2 N–H and O–H groups in total. The largest absolute Gasteiger partial charge is 0.495 e. The standard InChI is InChI=1S/C10H13N3O.BrH/c1-14-9-5-3-2-4-8(9)13-7-6-12-10(13)11;/h2-5H,6-7H2,1H3,(H2,11,12);1H. The molecule has 0 saturated heterocycles. The molecule has 0 fully saturated rings. The summed E-state index contributed by atoms with van der Waals surface area (Å²) in [6.45, 7) is 1.58. The number of ether oxygens (including phenoxy) is 1. The summed E-state index contributed by atoms with van der Waals surface area (Å²) in [6.07, 6.45) is 0. The number of hydrogen-bond acceptors (Lipinski definition) is 4. The van der Waals surface area contributed by atoms with E-state index in [4.69, 9.17) is 10.5 Å². The van der Waals surface area contributed by atoms with E-state index >= 15 is 0 Å². The SMILES string of the molecule is Br.COc1ccccc1N1CCN=C1N. The number of aliphatic imine (C=N–C) groups is 1. The van der Waals surface area contributed by atoms with E-state index in [1.807, 2.05) is 29.2 Å². The molecule has 0 spiro atoms. The van der Waals surface area contributed by atoms with Crippen LogP contribution in [-0.2, 0) is 0 Å². The average molecular weight is 272 g/mol. The normalized spacial score (nSPS) is 14.5. The highest BCUT2D eigenvalue weighted by molar-refractivity contribution is 8.93. The molecule has 0 saturated carbocycles. The van der Waals surface area contributed by atoms with E-state index in [0.717, 1.165) is 24.5 Å². The molecule has 1 aliphatic heterocycles. The second-order valence-electron chi connectivity index (χ2n) is 3.06. The molecule has 4 nitrogen and oxygen atoms in total. The van der Waals surface area contributed by atoms with Crippen LogP contribution < -0.4 is 15.4 Å². The molecule has 5 heteroatoms. The van der Waals surface area contributed by atoms with Crippen molar-refractivity contribution in [3.05, 3.63) is 24.3 Å². The number of para-hydroxylation sites is 2. The van der Waals surface area contributed by atoms with Crippen LogP contribution in [0.5, 0.6) is 5.75 Å². The Morgan fingerprint density at radius 3 is 2.73 bits per heavy atom. The fourth-order valence-corrected chi connectivity index (χ4v) is 1.56. The van der Waals surface area contributed by atoms with Gasteiger partial charge in [-0.05, 0) is 12.1 Å². The highest BCUT2D eigenvalue weighted by atomic mass is 79.9. The van der Waals surface area contributed by atoms with Crippen molar-refractivity contribution in [3.8, 4) is 5.75 Å². The van der Waals surface area contributed by atoms with Gasteiger partial charge >= 0.3 is 0 Å². The van der Waals surface area contributed by atoms with Crippen molar-refractivity contribution in [1.29, 1.82) is 0 Å². The van der Waals surface area contributed by atoms with Gasteiger partial charge in [0, 0.05) is 6.54 Å². The maximum atomic E-state index is 5.75. The molecule has 1 heterocycles. The molecule has 15 heavy (non-hydrogen) atoms. The zero-order valence-electron chi connectivity index (χ0n) is 8.51. The molecule has 1 aromatic carbocycles. The topological polar surface area (TPSA) is 50.8 Å². The summed E-state index contributed by atoms with van der Waals surface area (Å²) in [6, 6.07) is 7.79. The van der Waals surface area contributed by atoms with Gasteiger partial charge in [-0.15, -0.1) is 17.0 Å². The molecule has 0 unspecified atom stereocenters. The number of nitrogens with zero attached hydrogens (tertiary/aromatic N) is 2. The van der Waals surface area contributed by atoms with Crippen molar-refractivity contribution < 1.29 is 4.74 Å². The van der Waals surface area contributed by atoms with Gasteiger partial charge in [0.25, 0.3) is 0 Å². The second-order valence-corrected chi connectivity index (χ2v) is 3.06. The van der Waals surface area contributed by atoms with Gasteiger partial charge in [0.15, 0.2) is 5.96 Å². The molecular weight excluding hydrogens is 258 g/mol. The first kappa shape index (κ1) is 11.8. The van der Waals surface area contributed by atoms with E-state index in [1.165, 1.54) is 0 Å². The smallest absolute Gasteiger partial charge is 0.196 e. The molecule has 1 aliphatic rings. The maximum Gasteiger partial charge on any atom is 0.196 e. The molecule has 0 radical (unpaired) electrons. The number of halogens is 1. The predicted molar refractivity (Wildman–Crippen MR) is 67.2 cm³/mol. The summed E-state index contributed by atoms with van der Waals surface area (Å²) in [5, 5.41) is 0. The minimum Gasteiger partial charge on any atom is -0.495 e. The number of guanidine groups is 1. The molecule has 2 rings (SSSR count). The van der Waals surface area contributed by atoms with Crippen molar-refractivity contribution >= 4 is 28.6 Å². The second kappa shape index (κ2) is 5.02. The molecule has 0 atom stereocenters. The molecule has 82 valence electrons. The zero-order valence-corrected chi connectivity index (χ0v) is 10.2. The van der Waals surface area contributed by atoms with Crippen molar-refractivity contribution in [3.63, 3.8) is 0 Å². The molecular formula is C10H14BrN3O. The number of hydrogen-bond donors (Lipinski definition) is 1. The van der Waals surface area contributed by atoms with Crippen LogP contribution in [0.4, 0.5) is 5.69 Å². The summed E-state index contributed by atoms with van der Waals surface area (Å²) in [5.74, 6) is 1.39. The van der Waals surface area contributed by atoms with Crippen LogP contribution in [0.25, 0.3) is 0 Å². The van der Waals surface area contributed by atoms with Gasteiger partial charge in [0.1, 0.15) is 5.75 Å². The molecule has 0 aromatic heterocycles. The predicted octanol–water partition coefficient (Wildman–Crippen LogP) is 1.41. The molecule has 0 bridgehead atoms. The average Bonchev–Trinajstić information content (AvgIpc) is 2.64. The first-order chi connectivity index (χ1) is 6.83. The first-order valence-electron chi connectivity index (χ1n) is 4.53. The third-order valence-corrected chi connectivity index (χ3v) is 2.25. The number of anilines is 1. The van der Waals surface area contributed by atoms with Gasteiger partial charge in [0.2, 0.25) is 0 Å². The van der Waals surface area contributed by atoms with Crippen LogP contribution >= 0.6 is 17.0 Å². The van der Waals surface area contributed by atoms with Crippen molar-refractivity contribution in [2.75, 3.05) is 25.1 Å². The summed E-state index contributed by atoms with van der Waals surface area (Å²) in [7, 11) is 1.65. The van der Waals surface area contributed by atoms with Crippen LogP contribution in [0, 0.1) is 0 Å². The Balaban J connectivity index is 0.00000112. The van der Waals surface area contributed by atoms with E-state index in [9.17, 15) is 0 Å². The Morgan fingerprint density at radius 1 is 1.40 bits per heavy atom. The van der Waals surface area contributed by atoms with E-state index in [1.54, 1.807) is 7.11 Å². The third kappa shape index (κ3) is 2.23. The van der Waals surface area contributed by atoms with Crippen LogP contribution in [0.2, 0.25) is 0 Å². The van der Waals surface area contributed by atoms with Crippen LogP contribution in [-0.4, -0.2) is 26.2 Å². The van der Waals surface area contributed by atoms with Crippen molar-refractivity contribution in [2.45, 2.75) is 0 Å². The van der Waals surface area contributed by atoms with Crippen LogP contribution in [0.15, 0.2) is 29.3 Å². The van der Waals surface area contributed by atoms with E-state index < -0.39 is 0 Å². The Labute approximate surface area is 99.5 Å². The Kier molecular flexibility index (Phi) is 3.96. The van der Waals surface area contributed by atoms with E-state index in [2.05, 4.69) is 4.99 Å². The summed E-state index contributed by atoms with van der Waals surface area (Å²) >= 11 is 0. The molecule has 0 aliphatic carbocycles. The maximum absolute atomic E-state index is 5.75. The van der Waals surface area contributed by atoms with Gasteiger partial charge in [-0.3, -0.25) is 4.99 Å². The Morgan fingerprint density at radius 2 is 2.13 bits per heavy atom. The molecule has 0 amide bonds.